The summed E-state index contributed by atoms with van der Waals surface area (Å²) < 4.78 is 0. The molecular formula is C17H23N3O. The third kappa shape index (κ3) is 2.68. The van der Waals surface area contributed by atoms with Gasteiger partial charge >= 0.3 is 0 Å². The molecule has 1 aliphatic rings. The maximum atomic E-state index is 11.9. The van der Waals surface area contributed by atoms with Crippen LogP contribution in [0.5, 0.6) is 0 Å². The molecule has 0 radical (unpaired) electrons. The summed E-state index contributed by atoms with van der Waals surface area (Å²) in [7, 11) is 1.82. The minimum Gasteiger partial charge on any atom is -0.358 e. The van der Waals surface area contributed by atoms with Gasteiger partial charge < -0.3 is 15.2 Å². The summed E-state index contributed by atoms with van der Waals surface area (Å²) in [5.41, 5.74) is 3.95. The van der Waals surface area contributed by atoms with E-state index in [0.717, 1.165) is 25.9 Å². The predicted octanol–water partition coefficient (Wildman–Crippen LogP) is 2.40. The van der Waals surface area contributed by atoms with Crippen molar-refractivity contribution < 1.29 is 4.79 Å². The number of carbonyl (C=O) groups is 1. The van der Waals surface area contributed by atoms with Gasteiger partial charge in [-0.15, -0.1) is 0 Å². The zero-order valence-electron chi connectivity index (χ0n) is 12.8. The van der Waals surface area contributed by atoms with Crippen LogP contribution in [0, 0.1) is 6.92 Å². The number of likely N-dealkylation sites (tertiary alicyclic amines) is 1. The van der Waals surface area contributed by atoms with Crippen molar-refractivity contribution in [2.24, 2.45) is 0 Å². The Hall–Kier alpha value is -1.81. The van der Waals surface area contributed by atoms with Gasteiger partial charge in [0.1, 0.15) is 0 Å². The van der Waals surface area contributed by atoms with Crippen molar-refractivity contribution in [1.29, 1.82) is 0 Å². The van der Waals surface area contributed by atoms with E-state index >= 15 is 0 Å². The molecule has 0 bridgehead atoms. The maximum Gasteiger partial charge on any atom is 0.236 e. The van der Waals surface area contributed by atoms with Crippen molar-refractivity contribution in [2.75, 3.05) is 26.7 Å². The first kappa shape index (κ1) is 14.1. The zero-order chi connectivity index (χ0) is 14.8. The molecule has 4 nitrogen and oxygen atoms in total. The number of nitrogens with one attached hydrogen (secondary N) is 2. The van der Waals surface area contributed by atoms with Gasteiger partial charge in [-0.2, -0.15) is 0 Å². The van der Waals surface area contributed by atoms with Crippen molar-refractivity contribution in [3.8, 4) is 0 Å². The van der Waals surface area contributed by atoms with Gasteiger partial charge in [-0.05, 0) is 44.4 Å². The highest BCUT2D eigenvalue weighted by Gasteiger charge is 2.26. The molecule has 0 saturated carbocycles. The summed E-state index contributed by atoms with van der Waals surface area (Å²) in [5.74, 6) is 0.770. The SMILES string of the molecule is CNCC(=O)N1CCC(c2c(C)[nH]c3ccccc23)CC1. The van der Waals surface area contributed by atoms with Gasteiger partial charge in [0.05, 0.1) is 6.54 Å². The number of hydrogen-bond acceptors (Lipinski definition) is 2. The van der Waals surface area contributed by atoms with Crippen molar-refractivity contribution in [3.05, 3.63) is 35.5 Å². The van der Waals surface area contributed by atoms with Crippen LogP contribution in [0.2, 0.25) is 0 Å². The first-order chi connectivity index (χ1) is 10.2. The fourth-order valence-corrected chi connectivity index (χ4v) is 3.51. The third-order valence-electron chi connectivity index (χ3n) is 4.53. The Morgan fingerprint density at radius 1 is 1.33 bits per heavy atom. The highest BCUT2D eigenvalue weighted by Crippen LogP contribution is 2.35. The van der Waals surface area contributed by atoms with Crippen LogP contribution in [0.3, 0.4) is 0 Å². The number of para-hydroxylation sites is 1. The summed E-state index contributed by atoms with van der Waals surface area (Å²) in [6.07, 6.45) is 2.11. The molecule has 1 saturated heterocycles. The number of piperidine rings is 1. The van der Waals surface area contributed by atoms with E-state index in [9.17, 15) is 4.79 Å². The summed E-state index contributed by atoms with van der Waals surface area (Å²) in [5, 5.41) is 4.28. The summed E-state index contributed by atoms with van der Waals surface area (Å²) >= 11 is 0. The van der Waals surface area contributed by atoms with Crippen LogP contribution in [0.15, 0.2) is 24.3 Å². The van der Waals surface area contributed by atoms with E-state index in [1.807, 2.05) is 11.9 Å². The molecule has 3 rings (SSSR count). The molecule has 2 N–H and O–H groups in total. The highest BCUT2D eigenvalue weighted by atomic mass is 16.2. The van der Waals surface area contributed by atoms with Gasteiger partial charge in [0.25, 0.3) is 0 Å². The molecule has 1 aliphatic heterocycles. The molecule has 0 unspecified atom stereocenters. The zero-order valence-corrected chi connectivity index (χ0v) is 12.8. The minimum atomic E-state index is 0.214. The second-order valence-electron chi connectivity index (χ2n) is 5.89. The molecule has 112 valence electrons. The first-order valence-electron chi connectivity index (χ1n) is 7.70. The number of H-pyrrole nitrogens is 1. The summed E-state index contributed by atoms with van der Waals surface area (Å²) in [6.45, 7) is 4.33. The van der Waals surface area contributed by atoms with Gasteiger partial charge in [-0.1, -0.05) is 18.2 Å². The molecule has 21 heavy (non-hydrogen) atoms. The number of likely N-dealkylation sites (N-methyl/N-ethyl adjacent to an activating group) is 1. The third-order valence-corrected chi connectivity index (χ3v) is 4.53. The van der Waals surface area contributed by atoms with Crippen LogP contribution in [0.4, 0.5) is 0 Å². The van der Waals surface area contributed by atoms with Crippen molar-refractivity contribution in [1.82, 2.24) is 15.2 Å². The largest absolute Gasteiger partial charge is 0.358 e. The number of benzene rings is 1. The molecule has 1 aromatic heterocycles. The van der Waals surface area contributed by atoms with Crippen LogP contribution >= 0.6 is 0 Å². The Bertz CT molecular complexity index is 639. The molecular weight excluding hydrogens is 262 g/mol. The number of amides is 1. The number of aryl methyl sites for hydroxylation is 1. The van der Waals surface area contributed by atoms with Crippen LogP contribution in [-0.4, -0.2) is 42.5 Å². The van der Waals surface area contributed by atoms with E-state index < -0.39 is 0 Å². The van der Waals surface area contributed by atoms with Crippen LogP contribution in [-0.2, 0) is 4.79 Å². The van der Waals surface area contributed by atoms with E-state index in [1.165, 1.54) is 22.2 Å². The molecule has 2 heterocycles. The molecule has 0 spiro atoms. The van der Waals surface area contributed by atoms with Gasteiger partial charge in [0, 0.05) is 29.7 Å². The van der Waals surface area contributed by atoms with E-state index in [-0.39, 0.29) is 5.91 Å². The number of fused-ring (bicyclic) bond motifs is 1. The van der Waals surface area contributed by atoms with Gasteiger partial charge in [-0.3, -0.25) is 4.79 Å². The normalized spacial score (nSPS) is 16.6. The van der Waals surface area contributed by atoms with E-state index in [1.54, 1.807) is 0 Å². The number of carbonyl (C=O) groups excluding carboxylic acids is 1. The molecule has 4 heteroatoms. The average Bonchev–Trinajstić information content (AvgIpc) is 2.83. The number of nitrogens with zero attached hydrogens (tertiary/aromatic N) is 1. The summed E-state index contributed by atoms with van der Waals surface area (Å²) in [4.78, 5) is 17.4. The second-order valence-corrected chi connectivity index (χ2v) is 5.89. The first-order valence-corrected chi connectivity index (χ1v) is 7.70. The Morgan fingerprint density at radius 3 is 2.76 bits per heavy atom. The Kier molecular flexibility index (Phi) is 3.97. The van der Waals surface area contributed by atoms with Gasteiger partial charge in [-0.25, -0.2) is 0 Å². The lowest BCUT2D eigenvalue weighted by atomic mass is 9.87. The number of hydrogen-bond donors (Lipinski definition) is 2. The van der Waals surface area contributed by atoms with E-state index in [4.69, 9.17) is 0 Å². The van der Waals surface area contributed by atoms with Crippen molar-refractivity contribution in [2.45, 2.75) is 25.7 Å². The number of aromatic amines is 1. The van der Waals surface area contributed by atoms with Crippen molar-refractivity contribution in [3.63, 3.8) is 0 Å². The fourth-order valence-electron chi connectivity index (χ4n) is 3.51. The molecule has 1 aromatic carbocycles. The maximum absolute atomic E-state index is 11.9. The molecule has 0 atom stereocenters. The van der Waals surface area contributed by atoms with E-state index in [0.29, 0.717) is 12.5 Å². The molecule has 1 fully saturated rings. The van der Waals surface area contributed by atoms with Crippen molar-refractivity contribution >= 4 is 16.8 Å². The standard InChI is InChI=1S/C17H23N3O/c1-12-17(14-5-3-4-6-15(14)19-12)13-7-9-20(10-8-13)16(21)11-18-2/h3-6,13,18-19H,7-11H2,1-2H3. The lowest BCUT2D eigenvalue weighted by molar-refractivity contribution is -0.131. The molecule has 2 aromatic rings. The quantitative estimate of drug-likeness (QED) is 0.910. The number of rotatable bonds is 3. The van der Waals surface area contributed by atoms with Crippen LogP contribution in [0.25, 0.3) is 10.9 Å². The highest BCUT2D eigenvalue weighted by molar-refractivity contribution is 5.85. The lowest BCUT2D eigenvalue weighted by Crippen LogP contribution is -2.41. The smallest absolute Gasteiger partial charge is 0.236 e. The topological polar surface area (TPSA) is 48.1 Å². The molecule has 1 amide bonds. The predicted molar refractivity (Wildman–Crippen MR) is 85.5 cm³/mol. The minimum absolute atomic E-state index is 0.214. The summed E-state index contributed by atoms with van der Waals surface area (Å²) in [6, 6.07) is 8.51. The number of aromatic nitrogens is 1. The van der Waals surface area contributed by atoms with Crippen LogP contribution in [0.1, 0.15) is 30.0 Å². The Labute approximate surface area is 125 Å². The Balaban J connectivity index is 1.77. The monoisotopic (exact) mass is 285 g/mol. The second kappa shape index (κ2) is 5.90. The van der Waals surface area contributed by atoms with Crippen LogP contribution < -0.4 is 5.32 Å². The lowest BCUT2D eigenvalue weighted by Gasteiger charge is -2.32. The van der Waals surface area contributed by atoms with Gasteiger partial charge in [0.2, 0.25) is 5.91 Å². The van der Waals surface area contributed by atoms with Gasteiger partial charge in [0.15, 0.2) is 0 Å². The average molecular weight is 285 g/mol. The Morgan fingerprint density at radius 2 is 2.05 bits per heavy atom. The molecule has 0 aliphatic carbocycles. The van der Waals surface area contributed by atoms with E-state index in [2.05, 4.69) is 41.5 Å². The fraction of sp³-hybridized carbons (Fsp3) is 0.471.